The third-order valence-corrected chi connectivity index (χ3v) is 4.19. The molecule has 6 heteroatoms. The topological polar surface area (TPSA) is 51.8 Å². The van der Waals surface area contributed by atoms with Crippen molar-refractivity contribution in [1.29, 1.82) is 0 Å². The van der Waals surface area contributed by atoms with Gasteiger partial charge < -0.3 is 9.47 Å². The van der Waals surface area contributed by atoms with Gasteiger partial charge in [0, 0.05) is 37.1 Å². The zero-order valence-corrected chi connectivity index (χ0v) is 12.3. The minimum absolute atomic E-state index is 0.476. The third-order valence-electron chi connectivity index (χ3n) is 4.19. The van der Waals surface area contributed by atoms with Crippen molar-refractivity contribution in [2.45, 2.75) is 19.5 Å². The summed E-state index contributed by atoms with van der Waals surface area (Å²) in [4.78, 5) is 6.48. The Morgan fingerprint density at radius 2 is 2.14 bits per heavy atom. The highest BCUT2D eigenvalue weighted by atomic mass is 15.5. The summed E-state index contributed by atoms with van der Waals surface area (Å²) >= 11 is 0. The molecule has 0 aromatic carbocycles. The Morgan fingerprint density at radius 3 is 2.95 bits per heavy atom. The highest BCUT2D eigenvalue weighted by Gasteiger charge is 2.25. The van der Waals surface area contributed by atoms with Crippen LogP contribution in [0.1, 0.15) is 17.3 Å². The molecule has 0 unspecified atom stereocenters. The van der Waals surface area contributed by atoms with E-state index in [0.717, 1.165) is 25.3 Å². The third kappa shape index (κ3) is 2.12. The van der Waals surface area contributed by atoms with E-state index in [0.29, 0.717) is 6.04 Å². The molecular formula is C15H18N6. The molecule has 6 nitrogen and oxygen atoms in total. The van der Waals surface area contributed by atoms with Crippen LogP contribution in [0.15, 0.2) is 30.9 Å². The van der Waals surface area contributed by atoms with Crippen LogP contribution in [0.3, 0.4) is 0 Å². The van der Waals surface area contributed by atoms with E-state index in [4.69, 9.17) is 0 Å². The van der Waals surface area contributed by atoms with Crippen LogP contribution < -0.4 is 0 Å². The molecule has 3 aromatic heterocycles. The molecule has 4 rings (SSSR count). The Balaban J connectivity index is 1.60. The number of pyridine rings is 1. The quantitative estimate of drug-likeness (QED) is 0.730. The zero-order valence-electron chi connectivity index (χ0n) is 12.3. The fraction of sp³-hybridized carbons (Fsp3) is 0.400. The molecule has 3 aromatic rings. The number of aromatic nitrogens is 5. The first-order valence-corrected chi connectivity index (χ1v) is 7.19. The molecule has 108 valence electrons. The molecule has 0 aliphatic carbocycles. The second-order valence-corrected chi connectivity index (χ2v) is 5.90. The summed E-state index contributed by atoms with van der Waals surface area (Å²) in [7, 11) is 2.12. The summed E-state index contributed by atoms with van der Waals surface area (Å²) < 4.78 is 4.21. The average molecular weight is 282 g/mol. The molecule has 0 spiro atoms. The number of fused-ring (bicyclic) bond motifs is 1. The van der Waals surface area contributed by atoms with Gasteiger partial charge in [0.25, 0.3) is 0 Å². The number of aryl methyl sites for hydroxylation is 1. The Bertz CT molecular complexity index is 780. The van der Waals surface area contributed by atoms with Crippen molar-refractivity contribution in [3.05, 3.63) is 42.1 Å². The van der Waals surface area contributed by atoms with Gasteiger partial charge >= 0.3 is 0 Å². The van der Waals surface area contributed by atoms with E-state index in [9.17, 15) is 0 Å². The van der Waals surface area contributed by atoms with Crippen LogP contribution in [0.2, 0.25) is 0 Å². The number of likely N-dealkylation sites (tertiary alicyclic amines) is 1. The number of nitrogens with zero attached hydrogens (tertiary/aromatic N) is 6. The number of rotatable bonds is 3. The Hall–Kier alpha value is -2.21. The van der Waals surface area contributed by atoms with Gasteiger partial charge in [-0.3, -0.25) is 4.98 Å². The highest BCUT2D eigenvalue weighted by Crippen LogP contribution is 2.21. The molecule has 0 radical (unpaired) electrons. The smallest absolute Gasteiger partial charge is 0.102 e. The number of hydrogen-bond donors (Lipinski definition) is 0. The van der Waals surface area contributed by atoms with E-state index in [-0.39, 0.29) is 0 Å². The van der Waals surface area contributed by atoms with Gasteiger partial charge in [0.2, 0.25) is 0 Å². The van der Waals surface area contributed by atoms with Crippen molar-refractivity contribution in [2.75, 3.05) is 20.1 Å². The Kier molecular flexibility index (Phi) is 2.78. The second kappa shape index (κ2) is 4.66. The van der Waals surface area contributed by atoms with Crippen molar-refractivity contribution in [1.82, 2.24) is 29.4 Å². The van der Waals surface area contributed by atoms with Crippen LogP contribution >= 0.6 is 0 Å². The lowest BCUT2D eigenvalue weighted by Crippen LogP contribution is -2.45. The minimum atomic E-state index is 0.476. The summed E-state index contributed by atoms with van der Waals surface area (Å²) in [6.45, 7) is 4.97. The van der Waals surface area contributed by atoms with Crippen LogP contribution in [-0.2, 0) is 6.54 Å². The minimum Gasteiger partial charge on any atom is -0.341 e. The maximum Gasteiger partial charge on any atom is 0.102 e. The molecule has 0 amide bonds. The van der Waals surface area contributed by atoms with Crippen molar-refractivity contribution >= 4 is 10.9 Å². The molecule has 1 saturated heterocycles. The van der Waals surface area contributed by atoms with E-state index in [1.54, 1.807) is 0 Å². The molecule has 0 bridgehead atoms. The SMILES string of the molecule is Cc1cn(Cc2cn(C3CN(C)C3)nn2)c2ccncc12. The van der Waals surface area contributed by atoms with Gasteiger partial charge in [-0.15, -0.1) is 5.10 Å². The van der Waals surface area contributed by atoms with Gasteiger partial charge in [-0.25, -0.2) is 4.68 Å². The van der Waals surface area contributed by atoms with Gasteiger partial charge in [-0.2, -0.15) is 0 Å². The number of likely N-dealkylation sites (N-methyl/N-ethyl adjacent to an activating group) is 1. The van der Waals surface area contributed by atoms with Gasteiger partial charge in [0.15, 0.2) is 0 Å². The largest absolute Gasteiger partial charge is 0.341 e. The molecule has 0 N–H and O–H groups in total. The normalized spacial score (nSPS) is 16.5. The second-order valence-electron chi connectivity index (χ2n) is 5.90. The van der Waals surface area contributed by atoms with E-state index in [2.05, 4.69) is 51.1 Å². The fourth-order valence-corrected chi connectivity index (χ4v) is 3.02. The predicted molar refractivity (Wildman–Crippen MR) is 80.1 cm³/mol. The lowest BCUT2D eigenvalue weighted by atomic mass is 10.1. The van der Waals surface area contributed by atoms with E-state index < -0.39 is 0 Å². The molecule has 1 aliphatic rings. The summed E-state index contributed by atoms with van der Waals surface area (Å²) in [5.41, 5.74) is 3.44. The van der Waals surface area contributed by atoms with E-state index >= 15 is 0 Å². The van der Waals surface area contributed by atoms with Crippen LogP contribution in [0, 0.1) is 6.92 Å². The molecule has 4 heterocycles. The van der Waals surface area contributed by atoms with E-state index in [1.807, 2.05) is 23.1 Å². The molecule has 0 atom stereocenters. The monoisotopic (exact) mass is 282 g/mol. The van der Waals surface area contributed by atoms with Gasteiger partial charge in [-0.1, -0.05) is 5.21 Å². The first-order valence-electron chi connectivity index (χ1n) is 7.19. The average Bonchev–Trinajstić information content (AvgIpc) is 3.02. The Morgan fingerprint density at radius 1 is 1.29 bits per heavy atom. The molecule has 21 heavy (non-hydrogen) atoms. The molecular weight excluding hydrogens is 264 g/mol. The Labute approximate surface area is 123 Å². The molecule has 1 fully saturated rings. The first kappa shape index (κ1) is 12.5. The van der Waals surface area contributed by atoms with Crippen molar-refractivity contribution < 1.29 is 0 Å². The van der Waals surface area contributed by atoms with E-state index in [1.165, 1.54) is 16.5 Å². The summed E-state index contributed by atoms with van der Waals surface area (Å²) in [6.07, 6.45) is 7.98. The predicted octanol–water partition coefficient (Wildman–Crippen LogP) is 1.47. The fourth-order valence-electron chi connectivity index (χ4n) is 3.02. The maximum atomic E-state index is 4.31. The van der Waals surface area contributed by atoms with Gasteiger partial charge in [0.1, 0.15) is 5.69 Å². The zero-order chi connectivity index (χ0) is 14.4. The molecule has 1 aliphatic heterocycles. The maximum absolute atomic E-state index is 4.31. The highest BCUT2D eigenvalue weighted by molar-refractivity contribution is 5.82. The molecule has 0 saturated carbocycles. The lowest BCUT2D eigenvalue weighted by Gasteiger charge is -2.35. The number of hydrogen-bond acceptors (Lipinski definition) is 4. The lowest BCUT2D eigenvalue weighted by molar-refractivity contribution is 0.129. The summed E-state index contributed by atoms with van der Waals surface area (Å²) in [6, 6.07) is 2.52. The van der Waals surface area contributed by atoms with Gasteiger partial charge in [0.05, 0.1) is 24.3 Å². The summed E-state index contributed by atoms with van der Waals surface area (Å²) in [5, 5.41) is 9.78. The standard InChI is InChI=1S/C15H18N6/c1-11-6-20(15-3-4-16-5-14(11)15)7-12-8-21(18-17-12)13-9-19(2)10-13/h3-6,8,13H,7,9-10H2,1-2H3. The van der Waals surface area contributed by atoms with Crippen molar-refractivity contribution in [3.8, 4) is 0 Å². The summed E-state index contributed by atoms with van der Waals surface area (Å²) in [5.74, 6) is 0. The van der Waals surface area contributed by atoms with Crippen LogP contribution in [-0.4, -0.2) is 49.6 Å². The van der Waals surface area contributed by atoms with Crippen LogP contribution in [0.5, 0.6) is 0 Å². The first-order chi connectivity index (χ1) is 10.2. The van der Waals surface area contributed by atoms with Gasteiger partial charge in [-0.05, 0) is 25.6 Å². The van der Waals surface area contributed by atoms with Crippen molar-refractivity contribution in [3.63, 3.8) is 0 Å². The van der Waals surface area contributed by atoms with Crippen LogP contribution in [0.25, 0.3) is 10.9 Å². The van der Waals surface area contributed by atoms with Crippen LogP contribution in [0.4, 0.5) is 0 Å². The van der Waals surface area contributed by atoms with Crippen molar-refractivity contribution in [2.24, 2.45) is 0 Å².